The highest BCUT2D eigenvalue weighted by atomic mass is 35.5. The Morgan fingerprint density at radius 3 is 2.32 bits per heavy atom. The summed E-state index contributed by atoms with van der Waals surface area (Å²) in [6.07, 6.45) is 0. The number of hydrogen-bond donors (Lipinski definition) is 1. The van der Waals surface area contributed by atoms with Crippen LogP contribution in [0.4, 0.5) is 23.1 Å². The van der Waals surface area contributed by atoms with E-state index >= 15 is 0 Å². The first kappa shape index (κ1) is 18.6. The van der Waals surface area contributed by atoms with Crippen molar-refractivity contribution < 1.29 is 0 Å². The molecule has 1 N–H and O–H groups in total. The van der Waals surface area contributed by atoms with E-state index in [1.165, 1.54) is 5.69 Å². The number of anilines is 4. The molecule has 4 rings (SSSR count). The number of rotatable bonds is 4. The second kappa shape index (κ2) is 8.07. The molecule has 0 unspecified atom stereocenters. The monoisotopic (exact) mass is 393 g/mol. The maximum atomic E-state index is 6.24. The molecule has 1 fully saturated rings. The van der Waals surface area contributed by atoms with E-state index in [9.17, 15) is 0 Å². The minimum Gasteiger partial charge on any atom is -0.368 e. The Bertz CT molecular complexity index is 952. The van der Waals surface area contributed by atoms with E-state index in [0.717, 1.165) is 59.9 Å². The zero-order valence-corrected chi connectivity index (χ0v) is 16.9. The molecule has 2 heterocycles. The van der Waals surface area contributed by atoms with Gasteiger partial charge in [0.25, 0.3) is 0 Å². The van der Waals surface area contributed by atoms with E-state index in [1.54, 1.807) is 0 Å². The Hall–Kier alpha value is -2.79. The van der Waals surface area contributed by atoms with Crippen LogP contribution in [0.3, 0.4) is 0 Å². The molecule has 1 saturated heterocycles. The summed E-state index contributed by atoms with van der Waals surface area (Å²) >= 11 is 6.24. The summed E-state index contributed by atoms with van der Waals surface area (Å²) in [5.41, 5.74) is 4.19. The topological polar surface area (TPSA) is 44.3 Å². The number of benzene rings is 2. The third kappa shape index (κ3) is 4.04. The highest BCUT2D eigenvalue weighted by molar-refractivity contribution is 6.31. The van der Waals surface area contributed by atoms with Crippen molar-refractivity contribution in [1.29, 1.82) is 0 Å². The fourth-order valence-corrected chi connectivity index (χ4v) is 3.62. The first-order chi connectivity index (χ1) is 13.6. The molecule has 0 amide bonds. The molecule has 0 aliphatic carbocycles. The van der Waals surface area contributed by atoms with Gasteiger partial charge in [0.2, 0.25) is 5.95 Å². The molecule has 3 aromatic rings. The van der Waals surface area contributed by atoms with Crippen molar-refractivity contribution in [1.82, 2.24) is 9.97 Å². The molecule has 6 heteroatoms. The van der Waals surface area contributed by atoms with Crippen LogP contribution in [0.1, 0.15) is 11.3 Å². The summed E-state index contributed by atoms with van der Waals surface area (Å²) < 4.78 is 0. The van der Waals surface area contributed by atoms with Crippen molar-refractivity contribution in [3.8, 4) is 0 Å². The lowest BCUT2D eigenvalue weighted by atomic mass is 10.2. The van der Waals surface area contributed by atoms with Crippen molar-refractivity contribution in [3.05, 3.63) is 70.9 Å². The predicted octanol–water partition coefficient (Wildman–Crippen LogP) is 4.82. The molecule has 28 heavy (non-hydrogen) atoms. The Balaban J connectivity index is 1.49. The second-order valence-electron chi connectivity index (χ2n) is 7.04. The van der Waals surface area contributed by atoms with Gasteiger partial charge in [0.05, 0.1) is 0 Å². The number of halogens is 1. The molecule has 0 spiro atoms. The molecular weight excluding hydrogens is 370 g/mol. The Morgan fingerprint density at radius 1 is 0.857 bits per heavy atom. The van der Waals surface area contributed by atoms with E-state index in [0.29, 0.717) is 0 Å². The first-order valence-electron chi connectivity index (χ1n) is 9.53. The molecule has 0 saturated carbocycles. The van der Waals surface area contributed by atoms with Crippen LogP contribution in [0.5, 0.6) is 0 Å². The van der Waals surface area contributed by atoms with Gasteiger partial charge < -0.3 is 15.1 Å². The fourth-order valence-electron chi connectivity index (χ4n) is 3.44. The molecular formula is C22H24ClN5. The van der Waals surface area contributed by atoms with E-state index < -0.39 is 0 Å². The molecule has 5 nitrogen and oxygen atoms in total. The lowest BCUT2D eigenvalue weighted by molar-refractivity contribution is 0.639. The minimum atomic E-state index is 0.744. The minimum absolute atomic E-state index is 0.744. The fraction of sp³-hybridized carbons (Fsp3) is 0.273. The van der Waals surface area contributed by atoms with E-state index in [-0.39, 0.29) is 0 Å². The van der Waals surface area contributed by atoms with Gasteiger partial charge in [0.1, 0.15) is 5.82 Å². The summed E-state index contributed by atoms with van der Waals surface area (Å²) in [7, 11) is 0. The van der Waals surface area contributed by atoms with Crippen LogP contribution >= 0.6 is 11.6 Å². The molecule has 144 valence electrons. The summed E-state index contributed by atoms with van der Waals surface area (Å²) in [6.45, 7) is 7.71. The van der Waals surface area contributed by atoms with Crippen LogP contribution in [0.25, 0.3) is 0 Å². The number of aromatic nitrogens is 2. The van der Waals surface area contributed by atoms with Gasteiger partial charge >= 0.3 is 0 Å². The van der Waals surface area contributed by atoms with Crippen LogP contribution in [0.2, 0.25) is 5.02 Å². The van der Waals surface area contributed by atoms with E-state index in [2.05, 4.69) is 50.4 Å². The van der Waals surface area contributed by atoms with Gasteiger partial charge in [-0.1, -0.05) is 35.9 Å². The van der Waals surface area contributed by atoms with Gasteiger partial charge in [0, 0.05) is 54.3 Å². The normalized spacial score (nSPS) is 14.2. The number of para-hydroxylation sites is 1. The largest absolute Gasteiger partial charge is 0.368 e. The lowest BCUT2D eigenvalue weighted by Crippen LogP contribution is -2.47. The zero-order chi connectivity index (χ0) is 19.5. The van der Waals surface area contributed by atoms with Crippen LogP contribution < -0.4 is 15.1 Å². The van der Waals surface area contributed by atoms with Crippen molar-refractivity contribution >= 4 is 34.7 Å². The van der Waals surface area contributed by atoms with Crippen molar-refractivity contribution in [2.75, 3.05) is 41.3 Å². The number of hydrogen-bond acceptors (Lipinski definition) is 5. The van der Waals surface area contributed by atoms with Gasteiger partial charge in [0.15, 0.2) is 0 Å². The molecule has 0 atom stereocenters. The molecule has 2 aromatic carbocycles. The third-order valence-electron chi connectivity index (χ3n) is 5.06. The Kier molecular flexibility index (Phi) is 5.35. The van der Waals surface area contributed by atoms with Gasteiger partial charge in [-0.15, -0.1) is 0 Å². The van der Waals surface area contributed by atoms with Gasteiger partial charge in [-0.05, 0) is 43.7 Å². The smallest absolute Gasteiger partial charge is 0.227 e. The van der Waals surface area contributed by atoms with Gasteiger partial charge in [-0.25, -0.2) is 4.98 Å². The van der Waals surface area contributed by atoms with Crippen LogP contribution in [0, 0.1) is 13.8 Å². The zero-order valence-electron chi connectivity index (χ0n) is 16.2. The molecule has 0 radical (unpaired) electrons. The highest BCUT2D eigenvalue weighted by Gasteiger charge is 2.20. The average molecular weight is 394 g/mol. The second-order valence-corrected chi connectivity index (χ2v) is 7.45. The summed E-state index contributed by atoms with van der Waals surface area (Å²) in [4.78, 5) is 14.1. The highest BCUT2D eigenvalue weighted by Crippen LogP contribution is 2.27. The number of aryl methyl sites for hydroxylation is 1. The lowest BCUT2D eigenvalue weighted by Gasteiger charge is -2.36. The standard InChI is InChI=1S/C22H24ClN5/c1-16-15-21(25-20-10-6-9-19(23)17(20)2)26-22(24-16)28-13-11-27(12-14-28)18-7-4-3-5-8-18/h3-10,15H,11-14H2,1-2H3,(H,24,25,26). The van der Waals surface area contributed by atoms with Crippen molar-refractivity contribution in [2.24, 2.45) is 0 Å². The summed E-state index contributed by atoms with van der Waals surface area (Å²) in [5, 5.41) is 4.14. The third-order valence-corrected chi connectivity index (χ3v) is 5.47. The van der Waals surface area contributed by atoms with Gasteiger partial charge in [-0.3, -0.25) is 0 Å². The Labute approximate surface area is 171 Å². The Morgan fingerprint density at radius 2 is 1.57 bits per heavy atom. The first-order valence-corrected chi connectivity index (χ1v) is 9.91. The maximum absolute atomic E-state index is 6.24. The molecule has 1 aromatic heterocycles. The van der Waals surface area contributed by atoms with E-state index in [1.807, 2.05) is 38.1 Å². The predicted molar refractivity (Wildman–Crippen MR) is 117 cm³/mol. The summed E-state index contributed by atoms with van der Waals surface area (Å²) in [6, 6.07) is 18.3. The quantitative estimate of drug-likeness (QED) is 0.688. The molecule has 1 aliphatic rings. The number of nitrogens with one attached hydrogen (secondary N) is 1. The van der Waals surface area contributed by atoms with Crippen LogP contribution in [-0.4, -0.2) is 36.1 Å². The van der Waals surface area contributed by atoms with Crippen molar-refractivity contribution in [2.45, 2.75) is 13.8 Å². The number of nitrogens with zero attached hydrogens (tertiary/aromatic N) is 4. The molecule has 0 bridgehead atoms. The van der Waals surface area contributed by atoms with Gasteiger partial charge in [-0.2, -0.15) is 4.98 Å². The van der Waals surface area contributed by atoms with E-state index in [4.69, 9.17) is 16.6 Å². The molecule has 1 aliphatic heterocycles. The van der Waals surface area contributed by atoms with Crippen LogP contribution in [-0.2, 0) is 0 Å². The SMILES string of the molecule is Cc1cc(Nc2cccc(Cl)c2C)nc(N2CCN(c3ccccc3)CC2)n1. The average Bonchev–Trinajstić information content (AvgIpc) is 2.72. The summed E-state index contributed by atoms with van der Waals surface area (Å²) in [5.74, 6) is 1.56. The van der Waals surface area contributed by atoms with Crippen molar-refractivity contribution in [3.63, 3.8) is 0 Å². The van der Waals surface area contributed by atoms with Crippen LogP contribution in [0.15, 0.2) is 54.6 Å². The number of piperazine rings is 1. The maximum Gasteiger partial charge on any atom is 0.227 e.